The lowest BCUT2D eigenvalue weighted by Gasteiger charge is -2.29. The fraction of sp³-hybridized carbons (Fsp3) is 0.455. The number of hydrogen-bond acceptors (Lipinski definition) is 5. The van der Waals surface area contributed by atoms with Gasteiger partial charge in [-0.15, -0.1) is 0 Å². The topological polar surface area (TPSA) is 113 Å². The van der Waals surface area contributed by atoms with E-state index in [4.69, 9.17) is 17.3 Å². The van der Waals surface area contributed by atoms with E-state index in [1.165, 1.54) is 18.2 Å². The Labute approximate surface area is 117 Å². The summed E-state index contributed by atoms with van der Waals surface area (Å²) in [6.07, 6.45) is 0.229. The van der Waals surface area contributed by atoms with E-state index in [1.54, 1.807) is 6.92 Å². The first-order valence-electron chi connectivity index (χ1n) is 5.61. The molecule has 0 bridgehead atoms. The van der Waals surface area contributed by atoms with Gasteiger partial charge in [-0.05, 0) is 24.6 Å². The minimum Gasteiger partial charge on any atom is -0.398 e. The number of nitrogens with two attached hydrogens (primary N) is 1. The molecule has 19 heavy (non-hydrogen) atoms. The Morgan fingerprint density at radius 2 is 1.95 bits per heavy atom. The number of aliphatic hydroxyl groups is 2. The van der Waals surface area contributed by atoms with Gasteiger partial charge in [0.05, 0.1) is 24.4 Å². The van der Waals surface area contributed by atoms with Crippen LogP contribution >= 0.6 is 11.6 Å². The molecule has 6 nitrogen and oxygen atoms in total. The van der Waals surface area contributed by atoms with Gasteiger partial charge in [0, 0.05) is 5.02 Å². The molecule has 1 rings (SSSR count). The standard InChI is InChI=1S/C11H17ClN2O4S/c1-2-11(6-15,7-16)14-19(17,18)10-4-3-8(12)5-9(10)13/h3-5,14-16H,2,6-7,13H2,1H3. The summed E-state index contributed by atoms with van der Waals surface area (Å²) < 4.78 is 26.7. The van der Waals surface area contributed by atoms with E-state index in [2.05, 4.69) is 4.72 Å². The van der Waals surface area contributed by atoms with Crippen molar-refractivity contribution in [3.63, 3.8) is 0 Å². The second-order valence-electron chi connectivity index (χ2n) is 4.24. The van der Waals surface area contributed by atoms with Gasteiger partial charge in [0.2, 0.25) is 10.0 Å². The van der Waals surface area contributed by atoms with Crippen LogP contribution in [-0.2, 0) is 10.0 Å². The predicted octanol–water partition coefficient (Wildman–Crippen LogP) is 0.334. The molecule has 0 saturated heterocycles. The highest BCUT2D eigenvalue weighted by Gasteiger charge is 2.33. The smallest absolute Gasteiger partial charge is 0.243 e. The Balaban J connectivity index is 3.17. The van der Waals surface area contributed by atoms with Crippen LogP contribution < -0.4 is 10.5 Å². The zero-order chi connectivity index (χ0) is 14.7. The van der Waals surface area contributed by atoms with E-state index in [1.807, 2.05) is 0 Å². The van der Waals surface area contributed by atoms with Crippen molar-refractivity contribution in [2.75, 3.05) is 18.9 Å². The third kappa shape index (κ3) is 3.58. The van der Waals surface area contributed by atoms with Crippen molar-refractivity contribution in [2.24, 2.45) is 0 Å². The molecular weight excluding hydrogens is 292 g/mol. The molecule has 0 spiro atoms. The van der Waals surface area contributed by atoms with Gasteiger partial charge in [0.1, 0.15) is 4.90 Å². The Kier molecular flexibility index (Phi) is 5.17. The van der Waals surface area contributed by atoms with Gasteiger partial charge in [0.15, 0.2) is 0 Å². The molecule has 0 heterocycles. The van der Waals surface area contributed by atoms with Crippen LogP contribution in [0.15, 0.2) is 23.1 Å². The molecule has 0 aromatic heterocycles. The molecule has 0 aliphatic rings. The van der Waals surface area contributed by atoms with Gasteiger partial charge in [-0.25, -0.2) is 13.1 Å². The summed E-state index contributed by atoms with van der Waals surface area (Å²) in [4.78, 5) is -0.142. The molecular formula is C11H17ClN2O4S. The Morgan fingerprint density at radius 1 is 1.37 bits per heavy atom. The molecule has 0 amide bonds. The number of nitrogen functional groups attached to an aromatic ring is 1. The number of benzene rings is 1. The maximum absolute atomic E-state index is 12.2. The molecule has 0 fully saturated rings. The normalized spacial score (nSPS) is 12.6. The van der Waals surface area contributed by atoms with Crippen molar-refractivity contribution in [1.82, 2.24) is 4.72 Å². The highest BCUT2D eigenvalue weighted by molar-refractivity contribution is 7.89. The van der Waals surface area contributed by atoms with E-state index < -0.39 is 28.8 Å². The lowest BCUT2D eigenvalue weighted by molar-refractivity contribution is 0.105. The number of halogens is 1. The van der Waals surface area contributed by atoms with Crippen molar-refractivity contribution < 1.29 is 18.6 Å². The largest absolute Gasteiger partial charge is 0.398 e. The van der Waals surface area contributed by atoms with Crippen LogP contribution in [0.5, 0.6) is 0 Å². The van der Waals surface area contributed by atoms with Gasteiger partial charge in [-0.3, -0.25) is 0 Å². The molecule has 0 radical (unpaired) electrons. The van der Waals surface area contributed by atoms with Crippen molar-refractivity contribution in [1.29, 1.82) is 0 Å². The molecule has 0 aliphatic heterocycles. The molecule has 0 saturated carbocycles. The number of anilines is 1. The molecule has 5 N–H and O–H groups in total. The summed E-state index contributed by atoms with van der Waals surface area (Å²) in [7, 11) is -3.96. The Bertz CT molecular complexity index is 535. The lowest BCUT2D eigenvalue weighted by Crippen LogP contribution is -2.53. The number of nitrogens with one attached hydrogen (secondary N) is 1. The second kappa shape index (κ2) is 6.06. The summed E-state index contributed by atoms with van der Waals surface area (Å²) >= 11 is 5.71. The highest BCUT2D eigenvalue weighted by Crippen LogP contribution is 2.24. The summed E-state index contributed by atoms with van der Waals surface area (Å²) in [5.74, 6) is 0. The molecule has 8 heteroatoms. The Morgan fingerprint density at radius 3 is 2.37 bits per heavy atom. The van der Waals surface area contributed by atoms with Gasteiger partial charge < -0.3 is 15.9 Å². The van der Waals surface area contributed by atoms with Crippen LogP contribution in [0, 0.1) is 0 Å². The summed E-state index contributed by atoms with van der Waals surface area (Å²) in [5.41, 5.74) is 4.31. The van der Waals surface area contributed by atoms with Gasteiger partial charge in [-0.1, -0.05) is 18.5 Å². The van der Waals surface area contributed by atoms with E-state index in [0.717, 1.165) is 0 Å². The molecule has 0 aliphatic carbocycles. The number of hydrogen-bond donors (Lipinski definition) is 4. The predicted molar refractivity (Wildman–Crippen MR) is 73.4 cm³/mol. The first-order valence-corrected chi connectivity index (χ1v) is 7.47. The summed E-state index contributed by atoms with van der Waals surface area (Å²) in [6, 6.07) is 3.99. The molecule has 0 atom stereocenters. The monoisotopic (exact) mass is 308 g/mol. The third-order valence-corrected chi connectivity index (χ3v) is 4.78. The molecule has 108 valence electrons. The minimum atomic E-state index is -3.96. The van der Waals surface area contributed by atoms with Crippen LogP contribution in [0.2, 0.25) is 5.02 Å². The van der Waals surface area contributed by atoms with Crippen molar-refractivity contribution in [3.8, 4) is 0 Å². The van der Waals surface area contributed by atoms with Gasteiger partial charge >= 0.3 is 0 Å². The van der Waals surface area contributed by atoms with E-state index in [-0.39, 0.29) is 17.0 Å². The number of rotatable bonds is 6. The number of sulfonamides is 1. The van der Waals surface area contributed by atoms with E-state index in [0.29, 0.717) is 5.02 Å². The average Bonchev–Trinajstić information content (AvgIpc) is 2.35. The molecule has 0 unspecified atom stereocenters. The van der Waals surface area contributed by atoms with E-state index in [9.17, 15) is 18.6 Å². The maximum Gasteiger partial charge on any atom is 0.243 e. The summed E-state index contributed by atoms with van der Waals surface area (Å²) in [6.45, 7) is 0.611. The van der Waals surface area contributed by atoms with E-state index >= 15 is 0 Å². The van der Waals surface area contributed by atoms with Crippen LogP contribution in [-0.4, -0.2) is 37.4 Å². The van der Waals surface area contributed by atoms with Crippen molar-refractivity contribution >= 4 is 27.3 Å². The fourth-order valence-electron chi connectivity index (χ4n) is 1.51. The van der Waals surface area contributed by atoms with Crippen LogP contribution in [0.25, 0.3) is 0 Å². The first kappa shape index (κ1) is 16.2. The highest BCUT2D eigenvalue weighted by atomic mass is 35.5. The Hall–Kier alpha value is -0.860. The summed E-state index contributed by atoms with van der Waals surface area (Å²) in [5, 5.41) is 18.8. The lowest BCUT2D eigenvalue weighted by atomic mass is 10.0. The zero-order valence-electron chi connectivity index (χ0n) is 10.4. The average molecular weight is 309 g/mol. The zero-order valence-corrected chi connectivity index (χ0v) is 12.0. The van der Waals surface area contributed by atoms with Gasteiger partial charge in [-0.2, -0.15) is 0 Å². The first-order chi connectivity index (χ1) is 8.80. The van der Waals surface area contributed by atoms with Crippen LogP contribution in [0.1, 0.15) is 13.3 Å². The molecule has 1 aromatic carbocycles. The van der Waals surface area contributed by atoms with Gasteiger partial charge in [0.25, 0.3) is 0 Å². The minimum absolute atomic E-state index is 0.000817. The maximum atomic E-state index is 12.2. The van der Waals surface area contributed by atoms with Crippen molar-refractivity contribution in [2.45, 2.75) is 23.8 Å². The third-order valence-electron chi connectivity index (χ3n) is 2.89. The quantitative estimate of drug-likeness (QED) is 0.566. The van der Waals surface area contributed by atoms with Crippen LogP contribution in [0.3, 0.4) is 0 Å². The fourth-order valence-corrected chi connectivity index (χ4v) is 3.26. The molecule has 1 aromatic rings. The second-order valence-corrected chi connectivity index (χ2v) is 6.33. The number of aliphatic hydroxyl groups excluding tert-OH is 2. The van der Waals surface area contributed by atoms with Crippen LogP contribution in [0.4, 0.5) is 5.69 Å². The SMILES string of the molecule is CCC(CO)(CO)NS(=O)(=O)c1ccc(Cl)cc1N. The van der Waals surface area contributed by atoms with Crippen molar-refractivity contribution in [3.05, 3.63) is 23.2 Å².